The van der Waals surface area contributed by atoms with Gasteiger partial charge in [-0.05, 0) is 23.8 Å². The summed E-state index contributed by atoms with van der Waals surface area (Å²) in [5.74, 6) is 1.39. The Hall–Kier alpha value is -0.180. The molecule has 0 radical (unpaired) electrons. The number of unbranched alkanes of at least 4 members (excludes halogenated alkanes) is 2. The maximum absolute atomic E-state index is 10.8. The lowest BCUT2D eigenvalue weighted by Gasteiger charge is -2.03. The fraction of sp³-hybridized carbons (Fsp3) is 0.900. The van der Waals surface area contributed by atoms with Crippen molar-refractivity contribution >= 4 is 17.7 Å². The summed E-state index contributed by atoms with van der Waals surface area (Å²) in [6.07, 6.45) is 4.12. The third kappa shape index (κ3) is 9.74. The van der Waals surface area contributed by atoms with Crippen LogP contribution in [0, 0.1) is 0 Å². The number of carbonyl (C=O) groups is 1. The van der Waals surface area contributed by atoms with Crippen LogP contribution in [-0.4, -0.2) is 24.0 Å². The summed E-state index contributed by atoms with van der Waals surface area (Å²) in [4.78, 5) is 10.8. The molecule has 0 aliphatic rings. The summed E-state index contributed by atoms with van der Waals surface area (Å²) in [7, 11) is 1.69. The molecule has 0 spiro atoms. The fourth-order valence-electron chi connectivity index (χ4n) is 1.01. The summed E-state index contributed by atoms with van der Waals surface area (Å²) >= 11 is 2.00. The van der Waals surface area contributed by atoms with Gasteiger partial charge < -0.3 is 5.32 Å². The summed E-state index contributed by atoms with van der Waals surface area (Å²) in [6.45, 7) is 4.43. The van der Waals surface area contributed by atoms with Gasteiger partial charge in [-0.2, -0.15) is 11.8 Å². The molecule has 0 aliphatic carbocycles. The van der Waals surface area contributed by atoms with Crippen LogP contribution >= 0.6 is 11.8 Å². The second-order valence-corrected chi connectivity index (χ2v) is 5.09. The van der Waals surface area contributed by atoms with E-state index >= 15 is 0 Å². The first-order valence-corrected chi connectivity index (χ1v) is 6.04. The average molecular weight is 203 g/mol. The van der Waals surface area contributed by atoms with Crippen LogP contribution in [0.25, 0.3) is 0 Å². The Bertz CT molecular complexity index is 137. The first-order valence-electron chi connectivity index (χ1n) is 4.99. The first-order chi connectivity index (χ1) is 6.16. The van der Waals surface area contributed by atoms with Gasteiger partial charge in [0.05, 0.1) is 0 Å². The lowest BCUT2D eigenvalue weighted by molar-refractivity contribution is -0.120. The molecule has 0 aliphatic heterocycles. The zero-order valence-corrected chi connectivity index (χ0v) is 9.75. The van der Waals surface area contributed by atoms with Crippen LogP contribution in [0.15, 0.2) is 0 Å². The van der Waals surface area contributed by atoms with Gasteiger partial charge >= 0.3 is 0 Å². The van der Waals surface area contributed by atoms with Crippen molar-refractivity contribution in [2.75, 3.05) is 12.8 Å². The number of amides is 1. The van der Waals surface area contributed by atoms with Crippen molar-refractivity contribution in [1.29, 1.82) is 0 Å². The molecular weight excluding hydrogens is 182 g/mol. The fourth-order valence-corrected chi connectivity index (χ4v) is 1.85. The number of rotatable bonds is 7. The molecule has 0 bridgehead atoms. The molecule has 1 amide bonds. The minimum Gasteiger partial charge on any atom is -0.359 e. The third-order valence-corrected chi connectivity index (χ3v) is 2.97. The maximum Gasteiger partial charge on any atom is 0.219 e. The van der Waals surface area contributed by atoms with Crippen LogP contribution in [0.4, 0.5) is 0 Å². The van der Waals surface area contributed by atoms with Crippen LogP contribution in [0.1, 0.15) is 39.5 Å². The molecular formula is C10H21NOS. The van der Waals surface area contributed by atoms with E-state index in [0.717, 1.165) is 11.7 Å². The number of hydrogen-bond acceptors (Lipinski definition) is 2. The van der Waals surface area contributed by atoms with Gasteiger partial charge in [0.15, 0.2) is 0 Å². The second-order valence-electron chi connectivity index (χ2n) is 3.40. The summed E-state index contributed by atoms with van der Waals surface area (Å²) in [6, 6.07) is 0. The third-order valence-electron chi connectivity index (χ3n) is 1.78. The number of nitrogens with one attached hydrogen (secondary N) is 1. The molecule has 78 valence electrons. The van der Waals surface area contributed by atoms with Crippen molar-refractivity contribution in [3.8, 4) is 0 Å². The zero-order valence-electron chi connectivity index (χ0n) is 8.93. The standard InChI is InChI=1S/C10H21NOS/c1-9(2)13-8-6-4-5-7-10(12)11-3/h9H,4-8H2,1-3H3,(H,11,12). The van der Waals surface area contributed by atoms with E-state index in [2.05, 4.69) is 19.2 Å². The Morgan fingerprint density at radius 1 is 1.31 bits per heavy atom. The highest BCUT2D eigenvalue weighted by molar-refractivity contribution is 7.99. The highest BCUT2D eigenvalue weighted by atomic mass is 32.2. The van der Waals surface area contributed by atoms with E-state index < -0.39 is 0 Å². The van der Waals surface area contributed by atoms with Crippen LogP contribution in [-0.2, 0) is 4.79 Å². The Kier molecular flexibility index (Phi) is 8.30. The van der Waals surface area contributed by atoms with Crippen LogP contribution in [0.2, 0.25) is 0 Å². The molecule has 13 heavy (non-hydrogen) atoms. The minimum atomic E-state index is 0.163. The molecule has 3 heteroatoms. The summed E-state index contributed by atoms with van der Waals surface area (Å²) in [5, 5.41) is 3.37. The van der Waals surface area contributed by atoms with Crippen LogP contribution in [0.3, 0.4) is 0 Å². The van der Waals surface area contributed by atoms with Crippen molar-refractivity contribution in [2.45, 2.75) is 44.8 Å². The Labute approximate surface area is 85.9 Å². The molecule has 1 N–H and O–H groups in total. The van der Waals surface area contributed by atoms with E-state index in [1.54, 1.807) is 7.05 Å². The van der Waals surface area contributed by atoms with Gasteiger partial charge in [0, 0.05) is 13.5 Å². The zero-order chi connectivity index (χ0) is 10.1. The van der Waals surface area contributed by atoms with E-state index in [0.29, 0.717) is 6.42 Å². The molecule has 0 heterocycles. The van der Waals surface area contributed by atoms with Crippen molar-refractivity contribution in [3.63, 3.8) is 0 Å². The quantitative estimate of drug-likeness (QED) is 0.644. The molecule has 0 rings (SSSR count). The SMILES string of the molecule is CNC(=O)CCCCCSC(C)C. The highest BCUT2D eigenvalue weighted by Crippen LogP contribution is 2.12. The molecule has 0 fully saturated rings. The van der Waals surface area contributed by atoms with E-state index in [9.17, 15) is 4.79 Å². The molecule has 2 nitrogen and oxygen atoms in total. The molecule has 0 aromatic rings. The van der Waals surface area contributed by atoms with Crippen LogP contribution in [0.5, 0.6) is 0 Å². The number of thioether (sulfide) groups is 1. The lowest BCUT2D eigenvalue weighted by atomic mass is 10.2. The Morgan fingerprint density at radius 3 is 2.54 bits per heavy atom. The summed E-state index contributed by atoms with van der Waals surface area (Å²) in [5.41, 5.74) is 0. The summed E-state index contributed by atoms with van der Waals surface area (Å²) < 4.78 is 0. The van der Waals surface area contributed by atoms with Gasteiger partial charge in [-0.1, -0.05) is 20.3 Å². The number of hydrogen-bond donors (Lipinski definition) is 1. The average Bonchev–Trinajstić information content (AvgIpc) is 2.10. The highest BCUT2D eigenvalue weighted by Gasteiger charge is 1.98. The van der Waals surface area contributed by atoms with Gasteiger partial charge in [-0.25, -0.2) is 0 Å². The topological polar surface area (TPSA) is 29.1 Å². The Balaban J connectivity index is 3.04. The van der Waals surface area contributed by atoms with E-state index in [1.165, 1.54) is 18.6 Å². The van der Waals surface area contributed by atoms with Crippen molar-refractivity contribution in [2.24, 2.45) is 0 Å². The van der Waals surface area contributed by atoms with E-state index in [4.69, 9.17) is 0 Å². The Morgan fingerprint density at radius 2 is 2.00 bits per heavy atom. The normalized spacial score (nSPS) is 10.5. The van der Waals surface area contributed by atoms with Gasteiger partial charge in [0.1, 0.15) is 0 Å². The molecule has 0 aromatic heterocycles. The molecule has 0 unspecified atom stereocenters. The minimum absolute atomic E-state index is 0.163. The monoisotopic (exact) mass is 203 g/mol. The predicted octanol–water partition coefficient (Wildman–Crippen LogP) is 2.43. The first kappa shape index (κ1) is 12.8. The van der Waals surface area contributed by atoms with Crippen molar-refractivity contribution < 1.29 is 4.79 Å². The lowest BCUT2D eigenvalue weighted by Crippen LogP contribution is -2.16. The number of carbonyl (C=O) groups excluding carboxylic acids is 1. The molecule has 0 saturated carbocycles. The maximum atomic E-state index is 10.8. The van der Waals surface area contributed by atoms with Crippen molar-refractivity contribution in [3.05, 3.63) is 0 Å². The molecule has 0 aromatic carbocycles. The molecule has 0 saturated heterocycles. The molecule has 0 atom stereocenters. The van der Waals surface area contributed by atoms with Gasteiger partial charge in [-0.3, -0.25) is 4.79 Å². The van der Waals surface area contributed by atoms with Gasteiger partial charge in [0.25, 0.3) is 0 Å². The van der Waals surface area contributed by atoms with Crippen LogP contribution < -0.4 is 5.32 Å². The second kappa shape index (κ2) is 8.42. The van der Waals surface area contributed by atoms with Gasteiger partial charge in [-0.15, -0.1) is 0 Å². The predicted molar refractivity (Wildman–Crippen MR) is 60.1 cm³/mol. The van der Waals surface area contributed by atoms with E-state index in [1.807, 2.05) is 11.8 Å². The van der Waals surface area contributed by atoms with Gasteiger partial charge in [0.2, 0.25) is 5.91 Å². The van der Waals surface area contributed by atoms with Crippen molar-refractivity contribution in [1.82, 2.24) is 5.32 Å². The smallest absolute Gasteiger partial charge is 0.219 e. The van der Waals surface area contributed by atoms with E-state index in [-0.39, 0.29) is 5.91 Å². The largest absolute Gasteiger partial charge is 0.359 e.